The molecule has 32 heavy (non-hydrogen) atoms. The summed E-state index contributed by atoms with van der Waals surface area (Å²) in [5, 5.41) is 8.49. The highest BCUT2D eigenvalue weighted by molar-refractivity contribution is 6.00. The third-order valence-corrected chi connectivity index (χ3v) is 6.37. The third-order valence-electron chi connectivity index (χ3n) is 6.37. The number of anilines is 1. The van der Waals surface area contributed by atoms with Crippen LogP contribution in [0.2, 0.25) is 0 Å². The Kier molecular flexibility index (Phi) is 8.73. The number of carbonyl (C=O) groups is 1. The number of hydrogen-bond acceptors (Lipinski definition) is 6. The van der Waals surface area contributed by atoms with E-state index < -0.39 is 0 Å². The fourth-order valence-electron chi connectivity index (χ4n) is 4.54. The number of benzene rings is 1. The molecule has 2 aromatic rings. The van der Waals surface area contributed by atoms with Gasteiger partial charge in [0, 0.05) is 55.1 Å². The number of nitrogens with zero attached hydrogens (tertiary/aromatic N) is 4. The zero-order valence-electron chi connectivity index (χ0n) is 19.3. The van der Waals surface area contributed by atoms with Crippen LogP contribution in [0.1, 0.15) is 50.7 Å². The maximum Gasteiger partial charge on any atom is 0.225 e. The minimum Gasteiger partial charge on any atom is -0.368 e. The van der Waals surface area contributed by atoms with E-state index >= 15 is 0 Å². The summed E-state index contributed by atoms with van der Waals surface area (Å²) < 4.78 is 0. The van der Waals surface area contributed by atoms with Crippen LogP contribution in [0.4, 0.5) is 5.95 Å². The van der Waals surface area contributed by atoms with Crippen molar-refractivity contribution in [3.63, 3.8) is 0 Å². The van der Waals surface area contributed by atoms with E-state index in [1.807, 2.05) is 49.1 Å². The van der Waals surface area contributed by atoms with Crippen LogP contribution in [0.5, 0.6) is 0 Å². The van der Waals surface area contributed by atoms with Crippen molar-refractivity contribution in [1.29, 1.82) is 5.41 Å². The molecule has 2 aliphatic heterocycles. The summed E-state index contributed by atoms with van der Waals surface area (Å²) in [4.78, 5) is 25.5. The number of rotatable bonds is 5. The van der Waals surface area contributed by atoms with Gasteiger partial charge in [0.1, 0.15) is 0 Å². The van der Waals surface area contributed by atoms with Crippen LogP contribution in [0.3, 0.4) is 0 Å². The zero-order valence-corrected chi connectivity index (χ0v) is 19.3. The summed E-state index contributed by atoms with van der Waals surface area (Å²) in [7, 11) is 0. The highest BCUT2D eigenvalue weighted by Crippen LogP contribution is 2.26. The molecule has 0 bridgehead atoms. The first kappa shape index (κ1) is 23.9. The van der Waals surface area contributed by atoms with Gasteiger partial charge in [-0.05, 0) is 44.3 Å². The van der Waals surface area contributed by atoms with Gasteiger partial charge < -0.3 is 16.0 Å². The van der Waals surface area contributed by atoms with Crippen LogP contribution >= 0.6 is 0 Å². The molecule has 0 aliphatic carbocycles. The largest absolute Gasteiger partial charge is 0.368 e. The van der Waals surface area contributed by atoms with Gasteiger partial charge in [-0.15, -0.1) is 0 Å². The number of aromatic nitrogens is 2. The molecule has 2 fully saturated rings. The third kappa shape index (κ3) is 6.13. The van der Waals surface area contributed by atoms with Crippen molar-refractivity contribution in [3.8, 4) is 0 Å². The smallest absolute Gasteiger partial charge is 0.225 e. The minimum absolute atomic E-state index is 0.119. The number of piperidine rings is 2. The molecular formula is C25H36N6O. The molecule has 3 N–H and O–H groups in total. The zero-order chi connectivity index (χ0) is 22.9. The molecule has 172 valence electrons. The summed E-state index contributed by atoms with van der Waals surface area (Å²) in [6.07, 6.45) is 7.11. The molecule has 4 rings (SSSR count). The molecule has 0 radical (unpaired) electrons. The molecule has 0 saturated carbocycles. The predicted molar refractivity (Wildman–Crippen MR) is 128 cm³/mol. The first-order chi connectivity index (χ1) is 15.6. The Labute approximate surface area is 191 Å². The average Bonchev–Trinajstić information content (AvgIpc) is 2.87. The van der Waals surface area contributed by atoms with Crippen LogP contribution < -0.4 is 5.73 Å². The molecule has 0 atom stereocenters. The summed E-state index contributed by atoms with van der Waals surface area (Å²) in [6, 6.07) is 9.95. The Bertz CT molecular complexity index is 854. The maximum absolute atomic E-state index is 13.0. The maximum atomic E-state index is 13.0. The molecule has 0 unspecified atom stereocenters. The van der Waals surface area contributed by atoms with E-state index in [1.54, 1.807) is 12.4 Å². The van der Waals surface area contributed by atoms with Gasteiger partial charge in [-0.3, -0.25) is 9.69 Å². The van der Waals surface area contributed by atoms with Crippen molar-refractivity contribution in [3.05, 3.63) is 53.9 Å². The van der Waals surface area contributed by atoms with Crippen molar-refractivity contribution in [2.45, 2.75) is 46.1 Å². The van der Waals surface area contributed by atoms with Crippen LogP contribution in [-0.2, 0) is 11.3 Å². The molecule has 1 aromatic heterocycles. The Morgan fingerprint density at radius 1 is 0.969 bits per heavy atom. The molecule has 2 saturated heterocycles. The lowest BCUT2D eigenvalue weighted by atomic mass is 9.87. The van der Waals surface area contributed by atoms with Gasteiger partial charge in [0.2, 0.25) is 11.9 Å². The van der Waals surface area contributed by atoms with Gasteiger partial charge in [-0.25, -0.2) is 9.97 Å². The van der Waals surface area contributed by atoms with E-state index in [4.69, 9.17) is 11.1 Å². The lowest BCUT2D eigenvalue weighted by molar-refractivity contribution is -0.138. The number of hydrogen-bond donors (Lipinski definition) is 2. The standard InChI is InChI=1S/C23H30N6O.C2H6/c24-21(18-4-2-1-3-5-18)19-8-12-29(13-9-19)22(30)20-6-10-28(11-7-20)16-17-14-26-23(25)27-15-17;1-2/h1-5,14-15,19-20,24H,6-13,16H2,(H2,25,26,27);1-2H3. The normalized spacial score (nSPS) is 18.0. The Morgan fingerprint density at radius 3 is 2.12 bits per heavy atom. The second-order valence-corrected chi connectivity index (χ2v) is 8.38. The number of carbonyl (C=O) groups excluding carboxylic acids is 1. The molecule has 7 nitrogen and oxygen atoms in total. The lowest BCUT2D eigenvalue weighted by Crippen LogP contribution is -2.46. The molecular weight excluding hydrogens is 400 g/mol. The predicted octanol–water partition coefficient (Wildman–Crippen LogP) is 3.60. The summed E-state index contributed by atoms with van der Waals surface area (Å²) in [5.41, 5.74) is 8.31. The molecule has 7 heteroatoms. The van der Waals surface area contributed by atoms with Gasteiger partial charge in [-0.1, -0.05) is 44.2 Å². The second kappa shape index (κ2) is 11.7. The molecule has 3 heterocycles. The SMILES string of the molecule is CC.N=C(c1ccccc1)C1CCN(C(=O)C2CCN(Cc3cnc(N)nc3)CC2)CC1. The van der Waals surface area contributed by atoms with E-state index in [1.165, 1.54) is 0 Å². The quantitative estimate of drug-likeness (QED) is 0.698. The van der Waals surface area contributed by atoms with E-state index in [-0.39, 0.29) is 11.8 Å². The minimum atomic E-state index is 0.119. The number of nitrogens with two attached hydrogens (primary N) is 1. The first-order valence-electron chi connectivity index (χ1n) is 11.8. The van der Waals surface area contributed by atoms with Crippen molar-refractivity contribution >= 4 is 17.6 Å². The van der Waals surface area contributed by atoms with Crippen molar-refractivity contribution in [1.82, 2.24) is 19.8 Å². The van der Waals surface area contributed by atoms with Gasteiger partial charge in [-0.2, -0.15) is 0 Å². The molecule has 0 spiro atoms. The van der Waals surface area contributed by atoms with E-state index in [0.29, 0.717) is 17.6 Å². The Balaban J connectivity index is 0.00000141. The fraction of sp³-hybridized carbons (Fsp3) is 0.520. The average molecular weight is 437 g/mol. The highest BCUT2D eigenvalue weighted by atomic mass is 16.2. The summed E-state index contributed by atoms with van der Waals surface area (Å²) >= 11 is 0. The number of nitrogen functional groups attached to an aromatic ring is 1. The van der Waals surface area contributed by atoms with Crippen molar-refractivity contribution in [2.75, 3.05) is 31.9 Å². The topological polar surface area (TPSA) is 99.2 Å². The van der Waals surface area contributed by atoms with Gasteiger partial charge in [0.15, 0.2) is 0 Å². The van der Waals surface area contributed by atoms with Crippen LogP contribution in [0.15, 0.2) is 42.7 Å². The van der Waals surface area contributed by atoms with E-state index in [9.17, 15) is 4.79 Å². The van der Waals surface area contributed by atoms with Gasteiger partial charge in [0.25, 0.3) is 0 Å². The monoisotopic (exact) mass is 436 g/mol. The van der Waals surface area contributed by atoms with E-state index in [0.717, 1.165) is 69.5 Å². The van der Waals surface area contributed by atoms with Crippen LogP contribution in [0.25, 0.3) is 0 Å². The second-order valence-electron chi connectivity index (χ2n) is 8.38. The Morgan fingerprint density at radius 2 is 1.53 bits per heavy atom. The number of likely N-dealkylation sites (tertiary alicyclic amines) is 2. The van der Waals surface area contributed by atoms with Gasteiger partial charge >= 0.3 is 0 Å². The summed E-state index contributed by atoms with van der Waals surface area (Å²) in [6.45, 7) is 8.16. The van der Waals surface area contributed by atoms with Crippen LogP contribution in [-0.4, -0.2) is 57.6 Å². The summed E-state index contributed by atoms with van der Waals surface area (Å²) in [5.74, 6) is 0.968. The highest BCUT2D eigenvalue weighted by Gasteiger charge is 2.32. The van der Waals surface area contributed by atoms with Crippen molar-refractivity contribution in [2.24, 2.45) is 11.8 Å². The lowest BCUT2D eigenvalue weighted by Gasteiger charge is -2.37. The van der Waals surface area contributed by atoms with Crippen LogP contribution in [0, 0.1) is 17.2 Å². The number of amides is 1. The van der Waals surface area contributed by atoms with Gasteiger partial charge in [0.05, 0.1) is 0 Å². The first-order valence-corrected chi connectivity index (χ1v) is 11.8. The van der Waals surface area contributed by atoms with E-state index in [2.05, 4.69) is 14.9 Å². The molecule has 2 aliphatic rings. The Hall–Kier alpha value is -2.80. The fourth-order valence-corrected chi connectivity index (χ4v) is 4.54. The molecule has 1 amide bonds. The number of nitrogens with one attached hydrogen (secondary N) is 1. The molecule has 1 aromatic carbocycles. The van der Waals surface area contributed by atoms with Crippen molar-refractivity contribution < 1.29 is 4.79 Å².